The molecular formula is C24H24F2N6O3. The number of rotatable bonds is 7. The molecule has 0 spiro atoms. The number of methoxy groups -OCH3 is 1. The number of nitrogens with one attached hydrogen (secondary N) is 4. The lowest BCUT2D eigenvalue weighted by Gasteiger charge is -2.35. The minimum Gasteiger partial charge on any atom is -0.385 e. The van der Waals surface area contributed by atoms with Gasteiger partial charge in [-0.1, -0.05) is 24.3 Å². The molecule has 35 heavy (non-hydrogen) atoms. The number of hydrogen-bond donors (Lipinski definition) is 4. The van der Waals surface area contributed by atoms with E-state index in [0.717, 1.165) is 12.1 Å². The maximum absolute atomic E-state index is 14.1. The van der Waals surface area contributed by atoms with Crippen LogP contribution in [0.3, 0.4) is 0 Å². The summed E-state index contributed by atoms with van der Waals surface area (Å²) < 4.78 is 34.3. The smallest absolute Gasteiger partial charge is 0.320 e. The molecule has 2 heterocycles. The van der Waals surface area contributed by atoms with Gasteiger partial charge in [-0.3, -0.25) is 15.2 Å². The first-order chi connectivity index (χ1) is 16.9. The lowest BCUT2D eigenvalue weighted by molar-refractivity contribution is 0.161. The molecule has 2 atom stereocenters. The van der Waals surface area contributed by atoms with E-state index in [-0.39, 0.29) is 11.4 Å². The van der Waals surface area contributed by atoms with Crippen LogP contribution in [-0.2, 0) is 10.2 Å². The van der Waals surface area contributed by atoms with E-state index in [2.05, 4.69) is 21.0 Å². The number of aromatic nitrogens is 2. The molecule has 11 heteroatoms. The highest BCUT2D eigenvalue weighted by atomic mass is 19.2. The Morgan fingerprint density at radius 3 is 2.71 bits per heavy atom. The summed E-state index contributed by atoms with van der Waals surface area (Å²) in [5.74, 6) is -1.95. The standard InChI is InChI=1S/C24H24F2N6O3/c1-35-10-9-24(15-7-8-18(25)19(26)11-15)14-28-13-20(24)29-23(34)30-21-17(12-27)22(33)31-32(21)16-5-3-2-4-6-16/h2-8,11,20,28H,9-10,13-14H2,1H3,(H,31,33)(H2,29,30,34)/t20-,24+/m1/s1. The lowest BCUT2D eigenvalue weighted by Crippen LogP contribution is -2.51. The third-order valence-electron chi connectivity index (χ3n) is 6.27. The van der Waals surface area contributed by atoms with Crippen molar-refractivity contribution < 1.29 is 18.3 Å². The summed E-state index contributed by atoms with van der Waals surface area (Å²) in [6.45, 7) is 1.08. The Kier molecular flexibility index (Phi) is 6.95. The summed E-state index contributed by atoms with van der Waals surface area (Å²) in [6, 6.07) is 13.0. The van der Waals surface area contributed by atoms with E-state index in [1.54, 1.807) is 30.3 Å². The van der Waals surface area contributed by atoms with Crippen molar-refractivity contribution in [3.63, 3.8) is 0 Å². The first kappa shape index (κ1) is 24.1. The van der Waals surface area contributed by atoms with Gasteiger partial charge in [-0.25, -0.2) is 18.3 Å². The normalized spacial score (nSPS) is 19.3. The Hall–Kier alpha value is -4.01. The second-order valence-corrected chi connectivity index (χ2v) is 8.26. The number of ether oxygens (including phenoxy) is 1. The maximum Gasteiger partial charge on any atom is 0.320 e. The Bertz CT molecular complexity index is 1320. The van der Waals surface area contributed by atoms with Crippen molar-refractivity contribution in [2.75, 3.05) is 32.1 Å². The van der Waals surface area contributed by atoms with E-state index in [1.807, 2.05) is 6.07 Å². The number of urea groups is 1. The number of para-hydroxylation sites is 1. The van der Waals surface area contributed by atoms with E-state index in [4.69, 9.17) is 4.74 Å². The third-order valence-corrected chi connectivity index (χ3v) is 6.27. The summed E-state index contributed by atoms with van der Waals surface area (Å²) in [4.78, 5) is 25.4. The van der Waals surface area contributed by atoms with Crippen molar-refractivity contribution in [3.8, 4) is 11.8 Å². The largest absolute Gasteiger partial charge is 0.385 e. The van der Waals surface area contributed by atoms with Gasteiger partial charge in [0.25, 0.3) is 5.56 Å². The fourth-order valence-electron chi connectivity index (χ4n) is 4.47. The summed E-state index contributed by atoms with van der Waals surface area (Å²) >= 11 is 0. The van der Waals surface area contributed by atoms with E-state index in [0.29, 0.717) is 37.4 Å². The van der Waals surface area contributed by atoms with E-state index < -0.39 is 34.7 Å². The second kappa shape index (κ2) is 10.1. The lowest BCUT2D eigenvalue weighted by atomic mass is 9.73. The molecule has 0 radical (unpaired) electrons. The van der Waals surface area contributed by atoms with Crippen LogP contribution in [0, 0.1) is 23.0 Å². The number of amides is 2. The van der Waals surface area contributed by atoms with Crippen molar-refractivity contribution in [2.24, 2.45) is 0 Å². The van der Waals surface area contributed by atoms with E-state index in [1.165, 1.54) is 17.9 Å². The van der Waals surface area contributed by atoms with E-state index in [9.17, 15) is 23.6 Å². The Morgan fingerprint density at radius 1 is 1.26 bits per heavy atom. The number of H-pyrrole nitrogens is 1. The first-order valence-electron chi connectivity index (χ1n) is 10.9. The zero-order valence-electron chi connectivity index (χ0n) is 18.9. The molecule has 0 bridgehead atoms. The maximum atomic E-state index is 14.1. The van der Waals surface area contributed by atoms with Crippen molar-refractivity contribution in [2.45, 2.75) is 17.9 Å². The molecule has 0 unspecified atom stereocenters. The van der Waals surface area contributed by atoms with Crippen LogP contribution in [-0.4, -0.2) is 48.7 Å². The minimum atomic E-state index is -0.979. The number of nitriles is 1. The van der Waals surface area contributed by atoms with Crippen LogP contribution >= 0.6 is 0 Å². The fraction of sp³-hybridized carbons (Fsp3) is 0.292. The average Bonchev–Trinajstić information content (AvgIpc) is 3.40. The predicted octanol–water partition coefficient (Wildman–Crippen LogP) is 2.38. The molecule has 4 rings (SSSR count). The molecule has 1 aliphatic rings. The quantitative estimate of drug-likeness (QED) is 0.412. The number of carbonyl (C=O) groups is 1. The first-order valence-corrected chi connectivity index (χ1v) is 10.9. The summed E-state index contributed by atoms with van der Waals surface area (Å²) in [5.41, 5.74) is -0.619. The van der Waals surface area contributed by atoms with Crippen LogP contribution in [0.1, 0.15) is 17.5 Å². The molecule has 1 aliphatic heterocycles. The summed E-state index contributed by atoms with van der Waals surface area (Å²) in [5, 5.41) is 20.7. The molecule has 2 aromatic carbocycles. The van der Waals surface area contributed by atoms with Gasteiger partial charge in [-0.15, -0.1) is 0 Å². The molecule has 4 N–H and O–H groups in total. The van der Waals surface area contributed by atoms with Crippen LogP contribution < -0.4 is 21.5 Å². The minimum absolute atomic E-state index is 0.0116. The number of benzene rings is 2. The Balaban J connectivity index is 1.64. The molecule has 2 amide bonds. The number of aromatic amines is 1. The molecule has 9 nitrogen and oxygen atoms in total. The molecular weight excluding hydrogens is 458 g/mol. The van der Waals surface area contributed by atoms with Gasteiger partial charge in [0.05, 0.1) is 11.7 Å². The summed E-state index contributed by atoms with van der Waals surface area (Å²) in [6.07, 6.45) is 0.425. The van der Waals surface area contributed by atoms with Crippen molar-refractivity contribution in [1.82, 2.24) is 20.4 Å². The highest BCUT2D eigenvalue weighted by Crippen LogP contribution is 2.35. The van der Waals surface area contributed by atoms with Gasteiger partial charge >= 0.3 is 6.03 Å². The SMILES string of the molecule is COCC[C@@]1(c2ccc(F)c(F)c2)CNC[C@H]1NC(=O)Nc1c(C#N)c(=O)[nH]n1-c1ccccc1. The fourth-order valence-corrected chi connectivity index (χ4v) is 4.47. The van der Waals surface area contributed by atoms with Crippen LogP contribution in [0.5, 0.6) is 0 Å². The number of nitrogens with zero attached hydrogens (tertiary/aromatic N) is 2. The van der Waals surface area contributed by atoms with Gasteiger partial charge in [0.15, 0.2) is 23.0 Å². The molecule has 182 valence electrons. The van der Waals surface area contributed by atoms with Gasteiger partial charge in [0.2, 0.25) is 0 Å². The van der Waals surface area contributed by atoms with Crippen molar-refractivity contribution >= 4 is 11.8 Å². The van der Waals surface area contributed by atoms with Crippen LogP contribution in [0.4, 0.5) is 19.4 Å². The molecule has 3 aromatic rings. The zero-order valence-corrected chi connectivity index (χ0v) is 18.9. The third kappa shape index (κ3) is 4.66. The number of anilines is 1. The average molecular weight is 482 g/mol. The highest BCUT2D eigenvalue weighted by Gasteiger charge is 2.45. The Labute approximate surface area is 199 Å². The predicted molar refractivity (Wildman–Crippen MR) is 124 cm³/mol. The van der Waals surface area contributed by atoms with E-state index >= 15 is 0 Å². The Morgan fingerprint density at radius 2 is 2.03 bits per heavy atom. The highest BCUT2D eigenvalue weighted by molar-refractivity contribution is 5.90. The molecule has 1 saturated heterocycles. The van der Waals surface area contributed by atoms with Crippen LogP contribution in [0.15, 0.2) is 53.3 Å². The monoisotopic (exact) mass is 482 g/mol. The molecule has 0 aliphatic carbocycles. The van der Waals surface area contributed by atoms with Crippen LogP contribution in [0.25, 0.3) is 5.69 Å². The molecule has 0 saturated carbocycles. The molecule has 1 aromatic heterocycles. The van der Waals surface area contributed by atoms with Crippen LogP contribution in [0.2, 0.25) is 0 Å². The van der Waals surface area contributed by atoms with Gasteiger partial charge in [0.1, 0.15) is 6.07 Å². The number of hydrogen-bond acceptors (Lipinski definition) is 5. The number of carbonyl (C=O) groups excluding carboxylic acids is 1. The number of halogens is 2. The summed E-state index contributed by atoms with van der Waals surface area (Å²) in [7, 11) is 1.54. The van der Waals surface area contributed by atoms with Crippen molar-refractivity contribution in [1.29, 1.82) is 5.26 Å². The van der Waals surface area contributed by atoms with Gasteiger partial charge in [0, 0.05) is 32.2 Å². The van der Waals surface area contributed by atoms with Crippen molar-refractivity contribution in [3.05, 3.63) is 81.6 Å². The molecule has 1 fully saturated rings. The van der Waals surface area contributed by atoms with Gasteiger partial charge in [-0.05, 0) is 36.2 Å². The van der Waals surface area contributed by atoms with Gasteiger partial charge in [-0.2, -0.15) is 5.26 Å². The van der Waals surface area contributed by atoms with Gasteiger partial charge < -0.3 is 15.4 Å². The topological polar surface area (TPSA) is 124 Å². The zero-order chi connectivity index (χ0) is 25.0. The second-order valence-electron chi connectivity index (χ2n) is 8.26.